The van der Waals surface area contributed by atoms with Crippen molar-refractivity contribution in [3.05, 3.63) is 35.5 Å². The largest absolute Gasteiger partial charge is 0.481 e. The van der Waals surface area contributed by atoms with Gasteiger partial charge in [0.2, 0.25) is 0 Å². The average Bonchev–Trinajstić information content (AvgIpc) is 2.58. The normalized spacial score (nSPS) is 9.69. The number of H-pyrrole nitrogens is 1. The molecule has 0 aliphatic heterocycles. The van der Waals surface area contributed by atoms with Crippen LogP contribution in [0, 0.1) is 6.92 Å². The summed E-state index contributed by atoms with van der Waals surface area (Å²) in [6.07, 6.45) is 0.0792. The van der Waals surface area contributed by atoms with Crippen LogP contribution >= 0.6 is 0 Å². The van der Waals surface area contributed by atoms with Crippen LogP contribution in [0.3, 0.4) is 0 Å². The quantitative estimate of drug-likeness (QED) is 0.815. The van der Waals surface area contributed by atoms with E-state index >= 15 is 0 Å². The molecular weight excluding hydrogens is 202 g/mol. The Morgan fingerprint density at radius 3 is 2.56 bits per heavy atom. The van der Waals surface area contributed by atoms with Gasteiger partial charge in [-0.1, -0.05) is 32.0 Å². The fourth-order valence-electron chi connectivity index (χ4n) is 1.71. The van der Waals surface area contributed by atoms with Gasteiger partial charge in [-0.15, -0.1) is 0 Å². The third kappa shape index (κ3) is 2.42. The molecule has 0 bridgehead atoms. The van der Waals surface area contributed by atoms with E-state index in [1.54, 1.807) is 0 Å². The number of carboxylic acid groups (broad SMARTS) is 1. The molecule has 1 aromatic heterocycles. The summed E-state index contributed by atoms with van der Waals surface area (Å²) in [5, 5.41) is 9.76. The van der Waals surface area contributed by atoms with Crippen LogP contribution in [0.2, 0.25) is 0 Å². The second-order valence-electron chi connectivity index (χ2n) is 3.34. The summed E-state index contributed by atoms with van der Waals surface area (Å²) in [5.41, 5.74) is 2.82. The zero-order valence-corrected chi connectivity index (χ0v) is 9.87. The van der Waals surface area contributed by atoms with Crippen LogP contribution in [0.4, 0.5) is 0 Å². The molecule has 0 saturated carbocycles. The van der Waals surface area contributed by atoms with Crippen molar-refractivity contribution >= 4 is 16.9 Å². The first-order valence-corrected chi connectivity index (χ1v) is 5.46. The van der Waals surface area contributed by atoms with Crippen molar-refractivity contribution in [1.82, 2.24) is 4.98 Å². The van der Waals surface area contributed by atoms with E-state index in [1.165, 1.54) is 0 Å². The maximum Gasteiger partial charge on any atom is 0.307 e. The van der Waals surface area contributed by atoms with Gasteiger partial charge in [-0.25, -0.2) is 0 Å². The predicted molar refractivity (Wildman–Crippen MR) is 65.7 cm³/mol. The maximum atomic E-state index is 10.6. The van der Waals surface area contributed by atoms with E-state index in [0.29, 0.717) is 0 Å². The summed E-state index contributed by atoms with van der Waals surface area (Å²) in [5.74, 6) is -0.794. The Labute approximate surface area is 95.1 Å². The Morgan fingerprint density at radius 2 is 1.94 bits per heavy atom. The Hall–Kier alpha value is -1.77. The Bertz CT molecular complexity index is 486. The van der Waals surface area contributed by atoms with Gasteiger partial charge in [0.1, 0.15) is 0 Å². The van der Waals surface area contributed by atoms with Gasteiger partial charge in [-0.3, -0.25) is 4.79 Å². The van der Waals surface area contributed by atoms with Crippen LogP contribution in [-0.2, 0) is 11.2 Å². The molecule has 86 valence electrons. The number of carbonyl (C=O) groups is 1. The minimum absolute atomic E-state index is 0.0792. The summed E-state index contributed by atoms with van der Waals surface area (Å²) in [7, 11) is 0. The minimum Gasteiger partial charge on any atom is -0.481 e. The lowest BCUT2D eigenvalue weighted by atomic mass is 10.1. The molecule has 0 aliphatic carbocycles. The van der Waals surface area contributed by atoms with Crippen LogP contribution in [0.1, 0.15) is 25.1 Å². The van der Waals surface area contributed by atoms with E-state index in [4.69, 9.17) is 5.11 Å². The van der Waals surface area contributed by atoms with Gasteiger partial charge in [-0.2, -0.15) is 0 Å². The molecule has 3 heteroatoms. The highest BCUT2D eigenvalue weighted by Crippen LogP contribution is 2.21. The van der Waals surface area contributed by atoms with Gasteiger partial charge in [-0.05, 0) is 18.6 Å². The monoisotopic (exact) mass is 219 g/mol. The Balaban J connectivity index is 0.000000606. The van der Waals surface area contributed by atoms with Crippen LogP contribution in [0.25, 0.3) is 10.9 Å². The van der Waals surface area contributed by atoms with Crippen molar-refractivity contribution in [3.63, 3.8) is 0 Å². The van der Waals surface area contributed by atoms with Crippen molar-refractivity contribution in [3.8, 4) is 0 Å². The molecule has 0 aliphatic rings. The predicted octanol–water partition coefficient (Wildman–Crippen LogP) is 3.13. The van der Waals surface area contributed by atoms with E-state index in [1.807, 2.05) is 45.0 Å². The molecule has 1 aromatic carbocycles. The van der Waals surface area contributed by atoms with Crippen molar-refractivity contribution in [1.29, 1.82) is 0 Å². The van der Waals surface area contributed by atoms with E-state index in [2.05, 4.69) is 4.98 Å². The summed E-state index contributed by atoms with van der Waals surface area (Å²) in [6, 6.07) is 7.74. The summed E-state index contributed by atoms with van der Waals surface area (Å²) in [6.45, 7) is 5.90. The number of benzene rings is 1. The molecule has 0 spiro atoms. The van der Waals surface area contributed by atoms with Gasteiger partial charge >= 0.3 is 5.97 Å². The van der Waals surface area contributed by atoms with Gasteiger partial charge in [0, 0.05) is 16.6 Å². The fourth-order valence-corrected chi connectivity index (χ4v) is 1.71. The molecule has 2 N–H and O–H groups in total. The number of para-hydroxylation sites is 1. The number of hydrogen-bond acceptors (Lipinski definition) is 1. The zero-order chi connectivity index (χ0) is 12.1. The van der Waals surface area contributed by atoms with Gasteiger partial charge < -0.3 is 10.1 Å². The standard InChI is InChI=1S/C11H11NO2.C2H6/c1-7-9(6-11(13)14)8-4-2-3-5-10(8)12-7;1-2/h2-5,12H,6H2,1H3,(H,13,14);1-2H3. The van der Waals surface area contributed by atoms with Crippen LogP contribution < -0.4 is 0 Å². The van der Waals surface area contributed by atoms with Crippen molar-refractivity contribution < 1.29 is 9.90 Å². The van der Waals surface area contributed by atoms with E-state index in [-0.39, 0.29) is 6.42 Å². The average molecular weight is 219 g/mol. The third-order valence-electron chi connectivity index (χ3n) is 2.36. The van der Waals surface area contributed by atoms with Crippen LogP contribution in [0.5, 0.6) is 0 Å². The number of nitrogens with one attached hydrogen (secondary N) is 1. The highest BCUT2D eigenvalue weighted by atomic mass is 16.4. The molecule has 16 heavy (non-hydrogen) atoms. The number of carboxylic acids is 1. The third-order valence-corrected chi connectivity index (χ3v) is 2.36. The summed E-state index contributed by atoms with van der Waals surface area (Å²) < 4.78 is 0. The number of hydrogen-bond donors (Lipinski definition) is 2. The number of aromatic amines is 1. The maximum absolute atomic E-state index is 10.6. The molecular formula is C13H17NO2. The lowest BCUT2D eigenvalue weighted by Gasteiger charge is -1.95. The molecule has 1 heterocycles. The SMILES string of the molecule is CC.Cc1[nH]c2ccccc2c1CC(=O)O. The molecule has 0 unspecified atom stereocenters. The van der Waals surface area contributed by atoms with Gasteiger partial charge in [0.25, 0.3) is 0 Å². The summed E-state index contributed by atoms with van der Waals surface area (Å²) in [4.78, 5) is 13.8. The summed E-state index contributed by atoms with van der Waals surface area (Å²) >= 11 is 0. The van der Waals surface area contributed by atoms with Crippen molar-refractivity contribution in [2.75, 3.05) is 0 Å². The molecule has 3 nitrogen and oxygen atoms in total. The molecule has 0 atom stereocenters. The van der Waals surface area contributed by atoms with Crippen molar-refractivity contribution in [2.45, 2.75) is 27.2 Å². The molecule has 2 aromatic rings. The van der Waals surface area contributed by atoms with E-state index < -0.39 is 5.97 Å². The highest BCUT2D eigenvalue weighted by molar-refractivity contribution is 5.88. The molecule has 0 amide bonds. The van der Waals surface area contributed by atoms with E-state index in [9.17, 15) is 4.79 Å². The molecule has 2 rings (SSSR count). The second-order valence-corrected chi connectivity index (χ2v) is 3.34. The fraction of sp³-hybridized carbons (Fsp3) is 0.308. The molecule has 0 radical (unpaired) electrons. The zero-order valence-electron chi connectivity index (χ0n) is 9.87. The van der Waals surface area contributed by atoms with Crippen LogP contribution in [-0.4, -0.2) is 16.1 Å². The number of fused-ring (bicyclic) bond motifs is 1. The molecule has 0 saturated heterocycles. The van der Waals surface area contributed by atoms with Crippen LogP contribution in [0.15, 0.2) is 24.3 Å². The smallest absolute Gasteiger partial charge is 0.307 e. The lowest BCUT2D eigenvalue weighted by molar-refractivity contribution is -0.136. The number of rotatable bonds is 2. The Morgan fingerprint density at radius 1 is 1.31 bits per heavy atom. The number of aliphatic carboxylic acids is 1. The highest BCUT2D eigenvalue weighted by Gasteiger charge is 2.10. The van der Waals surface area contributed by atoms with Crippen molar-refractivity contribution in [2.24, 2.45) is 0 Å². The molecule has 0 fully saturated rings. The van der Waals surface area contributed by atoms with Gasteiger partial charge in [0.05, 0.1) is 6.42 Å². The topological polar surface area (TPSA) is 53.1 Å². The first kappa shape index (κ1) is 12.3. The first-order chi connectivity index (χ1) is 7.68. The first-order valence-electron chi connectivity index (χ1n) is 5.46. The Kier molecular flexibility index (Phi) is 4.11. The number of aryl methyl sites for hydroxylation is 1. The second kappa shape index (κ2) is 5.35. The minimum atomic E-state index is -0.794. The van der Waals surface area contributed by atoms with E-state index in [0.717, 1.165) is 22.2 Å². The number of aromatic nitrogens is 1. The lowest BCUT2D eigenvalue weighted by Crippen LogP contribution is -2.00. The van der Waals surface area contributed by atoms with Gasteiger partial charge in [0.15, 0.2) is 0 Å².